The molecule has 0 saturated carbocycles. The predicted molar refractivity (Wildman–Crippen MR) is 140 cm³/mol. The Bertz CT molecular complexity index is 1460. The number of nitriles is 1. The zero-order chi connectivity index (χ0) is 25.2. The third kappa shape index (κ3) is 3.51. The van der Waals surface area contributed by atoms with E-state index in [1.807, 2.05) is 29.3 Å². The molecule has 8 heteroatoms. The first kappa shape index (κ1) is 23.1. The number of nitrogens with one attached hydrogen (secondary N) is 1. The van der Waals surface area contributed by atoms with Gasteiger partial charge in [0.05, 0.1) is 23.4 Å². The maximum absolute atomic E-state index is 12.0. The molecule has 36 heavy (non-hydrogen) atoms. The van der Waals surface area contributed by atoms with E-state index in [1.165, 1.54) is 6.08 Å². The molecule has 0 bridgehead atoms. The number of rotatable bonds is 3. The molecule has 6 rings (SSSR count). The number of nitrogens with zero attached hydrogens (tertiary/aromatic N) is 4. The van der Waals surface area contributed by atoms with E-state index in [1.54, 1.807) is 0 Å². The average molecular weight is 502 g/mol. The Morgan fingerprint density at radius 2 is 2.11 bits per heavy atom. The number of carbonyl (C=O) groups excluding carboxylic acids is 1. The maximum atomic E-state index is 12.0. The lowest BCUT2D eigenvalue weighted by molar-refractivity contribution is -0.136. The van der Waals surface area contributed by atoms with Crippen molar-refractivity contribution in [3.8, 4) is 17.2 Å². The molecule has 3 aliphatic heterocycles. The molecule has 1 N–H and O–H groups in total. The average Bonchev–Trinajstić information content (AvgIpc) is 3.50. The maximum Gasteiger partial charge on any atom is 0.245 e. The normalized spacial score (nSPS) is 19.7. The van der Waals surface area contributed by atoms with E-state index < -0.39 is 0 Å². The predicted octanol–water partition coefficient (Wildman–Crippen LogP) is 4.83. The van der Waals surface area contributed by atoms with Crippen molar-refractivity contribution in [2.75, 3.05) is 31.1 Å². The number of ether oxygens (including phenoxy) is 1. The highest BCUT2D eigenvalue weighted by Crippen LogP contribution is 2.46. The molecule has 0 aliphatic carbocycles. The van der Waals surface area contributed by atoms with Crippen molar-refractivity contribution in [2.45, 2.75) is 38.9 Å². The zero-order valence-electron chi connectivity index (χ0n) is 20.5. The van der Waals surface area contributed by atoms with E-state index in [9.17, 15) is 10.1 Å². The minimum atomic E-state index is -0.337. The molecule has 1 spiro atoms. The summed E-state index contributed by atoms with van der Waals surface area (Å²) >= 11 is 6.48. The molecule has 0 radical (unpaired) electrons. The smallest absolute Gasteiger partial charge is 0.245 e. The fourth-order valence-corrected chi connectivity index (χ4v) is 6.29. The first-order valence-corrected chi connectivity index (χ1v) is 12.6. The highest BCUT2D eigenvalue weighted by molar-refractivity contribution is 6.36. The van der Waals surface area contributed by atoms with Crippen LogP contribution in [0.15, 0.2) is 37.1 Å². The Morgan fingerprint density at radius 1 is 1.31 bits per heavy atom. The minimum absolute atomic E-state index is 0.0223. The van der Waals surface area contributed by atoms with Crippen LogP contribution in [-0.4, -0.2) is 52.6 Å². The lowest BCUT2D eigenvalue weighted by Gasteiger charge is -2.47. The number of halogens is 1. The van der Waals surface area contributed by atoms with Gasteiger partial charge >= 0.3 is 0 Å². The minimum Gasteiger partial charge on any atom is -0.370 e. The number of H-pyrrole nitrogens is 1. The van der Waals surface area contributed by atoms with Gasteiger partial charge in [0.1, 0.15) is 17.5 Å². The number of likely N-dealkylation sites (tertiary alicyclic amines) is 1. The number of hydrogen-bond donors (Lipinski definition) is 1. The molecule has 2 saturated heterocycles. The largest absolute Gasteiger partial charge is 0.370 e. The van der Waals surface area contributed by atoms with Crippen molar-refractivity contribution < 1.29 is 9.53 Å². The number of aromatic amines is 1. The Kier molecular flexibility index (Phi) is 5.19. The quantitative estimate of drug-likeness (QED) is 0.519. The molecule has 0 atom stereocenters. The van der Waals surface area contributed by atoms with Crippen LogP contribution in [0.3, 0.4) is 0 Å². The van der Waals surface area contributed by atoms with Gasteiger partial charge in [-0.05, 0) is 38.5 Å². The van der Waals surface area contributed by atoms with Gasteiger partial charge in [-0.15, -0.1) is 0 Å². The summed E-state index contributed by atoms with van der Waals surface area (Å²) in [5.41, 5.74) is 4.91. The molecular formula is C28H28ClN5O2. The Hall–Kier alpha value is -3.34. The van der Waals surface area contributed by atoms with Crippen LogP contribution >= 0.6 is 11.6 Å². The van der Waals surface area contributed by atoms with Crippen LogP contribution < -0.4 is 4.90 Å². The Balaban J connectivity index is 1.48. The summed E-state index contributed by atoms with van der Waals surface area (Å²) in [6.07, 6.45) is 4.87. The van der Waals surface area contributed by atoms with Gasteiger partial charge in [0.2, 0.25) is 5.91 Å². The SMILES string of the molecule is C=CC(=O)N1CC2(CCN(c3nc4c(c(-c5ccc(Cl)c6cc[nH]c56)c3C#N)COC(C)(C)C4)C2)C1. The first-order valence-electron chi connectivity index (χ1n) is 12.3. The molecule has 184 valence electrons. The van der Waals surface area contributed by atoms with E-state index in [2.05, 4.69) is 36.4 Å². The summed E-state index contributed by atoms with van der Waals surface area (Å²) in [4.78, 5) is 24.6. The third-order valence-electron chi connectivity index (χ3n) is 7.89. The number of pyridine rings is 1. The van der Waals surface area contributed by atoms with Crippen LogP contribution in [0.1, 0.15) is 37.1 Å². The van der Waals surface area contributed by atoms with Gasteiger partial charge in [-0.2, -0.15) is 5.26 Å². The lowest BCUT2D eigenvalue weighted by atomic mass is 9.79. The fraction of sp³-hybridized carbons (Fsp3) is 0.393. The summed E-state index contributed by atoms with van der Waals surface area (Å²) in [6, 6.07) is 8.32. The summed E-state index contributed by atoms with van der Waals surface area (Å²) in [6.45, 7) is 11.2. The second kappa shape index (κ2) is 8.09. The Morgan fingerprint density at radius 3 is 2.86 bits per heavy atom. The van der Waals surface area contributed by atoms with Gasteiger partial charge < -0.3 is 19.5 Å². The molecule has 3 aromatic rings. The molecule has 0 unspecified atom stereocenters. The number of fused-ring (bicyclic) bond motifs is 2. The van der Waals surface area contributed by atoms with Crippen LogP contribution in [0.2, 0.25) is 5.02 Å². The van der Waals surface area contributed by atoms with Gasteiger partial charge in [-0.25, -0.2) is 4.98 Å². The topological polar surface area (TPSA) is 85.3 Å². The van der Waals surface area contributed by atoms with E-state index >= 15 is 0 Å². The van der Waals surface area contributed by atoms with E-state index in [0.717, 1.165) is 71.7 Å². The van der Waals surface area contributed by atoms with Crippen molar-refractivity contribution in [3.63, 3.8) is 0 Å². The van der Waals surface area contributed by atoms with Crippen molar-refractivity contribution in [3.05, 3.63) is 58.9 Å². The summed E-state index contributed by atoms with van der Waals surface area (Å²) in [7, 11) is 0. The van der Waals surface area contributed by atoms with E-state index in [4.69, 9.17) is 21.3 Å². The summed E-state index contributed by atoms with van der Waals surface area (Å²) in [5.74, 6) is 0.704. The van der Waals surface area contributed by atoms with Crippen LogP contribution in [-0.2, 0) is 22.6 Å². The van der Waals surface area contributed by atoms with Crippen molar-refractivity contribution in [1.29, 1.82) is 5.26 Å². The van der Waals surface area contributed by atoms with E-state index in [-0.39, 0.29) is 16.9 Å². The number of carbonyl (C=O) groups is 1. The van der Waals surface area contributed by atoms with Gasteiger partial charge in [-0.3, -0.25) is 4.79 Å². The summed E-state index contributed by atoms with van der Waals surface area (Å²) in [5, 5.41) is 12.1. The van der Waals surface area contributed by atoms with Gasteiger partial charge in [-0.1, -0.05) is 24.2 Å². The molecule has 1 amide bonds. The molecule has 2 aromatic heterocycles. The number of hydrogen-bond acceptors (Lipinski definition) is 5. The van der Waals surface area contributed by atoms with Gasteiger partial charge in [0.15, 0.2) is 0 Å². The molecule has 7 nitrogen and oxygen atoms in total. The van der Waals surface area contributed by atoms with Crippen molar-refractivity contribution in [1.82, 2.24) is 14.9 Å². The second-order valence-corrected chi connectivity index (χ2v) is 11.3. The fourth-order valence-electron chi connectivity index (χ4n) is 6.07. The summed E-state index contributed by atoms with van der Waals surface area (Å²) < 4.78 is 6.20. The number of benzene rings is 1. The number of anilines is 1. The highest BCUT2D eigenvalue weighted by atomic mass is 35.5. The number of aromatic nitrogens is 2. The highest BCUT2D eigenvalue weighted by Gasteiger charge is 2.49. The van der Waals surface area contributed by atoms with Gasteiger partial charge in [0.25, 0.3) is 0 Å². The van der Waals surface area contributed by atoms with Crippen LogP contribution in [0.5, 0.6) is 0 Å². The Labute approximate surface area is 215 Å². The van der Waals surface area contributed by atoms with Crippen LogP contribution in [0.25, 0.3) is 22.0 Å². The molecule has 5 heterocycles. The zero-order valence-corrected chi connectivity index (χ0v) is 21.3. The van der Waals surface area contributed by atoms with Crippen molar-refractivity contribution in [2.24, 2.45) is 5.41 Å². The molecule has 1 aromatic carbocycles. The standard InChI is InChI=1S/C28H28ClN5O2/c1-4-23(35)34-15-28(16-34)8-10-33(14-28)26-19(12-30)24(20-13-36-27(2,3)11-22(20)32-26)18-5-6-21(29)17-7-9-31-25(17)18/h4-7,9,31H,1,8,10-11,13-16H2,2-3H3. The second-order valence-electron chi connectivity index (χ2n) is 10.9. The monoisotopic (exact) mass is 501 g/mol. The molecule has 2 fully saturated rings. The van der Waals surface area contributed by atoms with Crippen molar-refractivity contribution >= 4 is 34.2 Å². The molecular weight excluding hydrogens is 474 g/mol. The van der Waals surface area contributed by atoms with Crippen LogP contribution in [0, 0.1) is 16.7 Å². The first-order chi connectivity index (χ1) is 17.2. The molecule has 3 aliphatic rings. The van der Waals surface area contributed by atoms with E-state index in [0.29, 0.717) is 23.6 Å². The third-order valence-corrected chi connectivity index (χ3v) is 8.22. The number of amides is 1. The van der Waals surface area contributed by atoms with Crippen LogP contribution in [0.4, 0.5) is 5.82 Å². The van der Waals surface area contributed by atoms with Gasteiger partial charge in [0, 0.05) is 71.3 Å². The lowest BCUT2D eigenvalue weighted by Crippen LogP contribution is -2.59.